The number of carbonyl (C=O) groups excluding carboxylic acids is 1. The van der Waals surface area contributed by atoms with Gasteiger partial charge in [0.05, 0.1) is 27.8 Å². The summed E-state index contributed by atoms with van der Waals surface area (Å²) < 4.78 is 31.5. The van der Waals surface area contributed by atoms with E-state index in [1.54, 1.807) is 0 Å². The fourth-order valence-electron chi connectivity index (χ4n) is 2.83. The summed E-state index contributed by atoms with van der Waals surface area (Å²) in [7, 11) is -4.22. The van der Waals surface area contributed by atoms with Crippen LogP contribution in [-0.2, 0) is 19.6 Å². The monoisotopic (exact) mass is 487 g/mol. The Bertz CT molecular complexity index is 1270. The van der Waals surface area contributed by atoms with Gasteiger partial charge < -0.3 is 4.74 Å². The van der Waals surface area contributed by atoms with Crippen molar-refractivity contribution >= 4 is 33.3 Å². The lowest BCUT2D eigenvalue weighted by Gasteiger charge is -2.11. The number of nitrogens with zero attached hydrogens (tertiary/aromatic N) is 4. The van der Waals surface area contributed by atoms with Crippen LogP contribution in [0.5, 0.6) is 0 Å². The minimum Gasteiger partial charge on any atom is -0.465 e. The fraction of sp³-hybridized carbons (Fsp3) is 0.150. The van der Waals surface area contributed by atoms with Crippen LogP contribution in [0.15, 0.2) is 54.6 Å². The van der Waals surface area contributed by atoms with E-state index in [1.165, 1.54) is 61.5 Å². The van der Waals surface area contributed by atoms with Crippen LogP contribution in [0.25, 0.3) is 22.5 Å². The average molecular weight is 487 g/mol. The average Bonchev–Trinajstić information content (AvgIpc) is 2.78. The summed E-state index contributed by atoms with van der Waals surface area (Å²) in [6, 6.07) is 12.2. The molecular formula is C20H17N5O8S. The van der Waals surface area contributed by atoms with Gasteiger partial charge >= 0.3 is 5.97 Å². The van der Waals surface area contributed by atoms with Gasteiger partial charge in [-0.15, -0.1) is 0 Å². The van der Waals surface area contributed by atoms with Crippen LogP contribution in [0.3, 0.4) is 0 Å². The molecule has 0 aliphatic rings. The highest BCUT2D eigenvalue weighted by Crippen LogP contribution is 2.28. The second-order valence-electron chi connectivity index (χ2n) is 6.74. The number of ether oxygens (including phenoxy) is 1. The molecule has 176 valence electrons. The number of anilines is 1. The third-order valence-corrected chi connectivity index (χ3v) is 5.44. The number of nitrogens with one attached hydrogen (secondary N) is 1. The molecule has 0 aliphatic heterocycles. The molecule has 0 aliphatic carbocycles. The number of hydrogen-bond acceptors (Lipinski definition) is 10. The van der Waals surface area contributed by atoms with E-state index in [2.05, 4.69) is 19.4 Å². The Morgan fingerprint density at radius 2 is 1.35 bits per heavy atom. The van der Waals surface area contributed by atoms with Crippen molar-refractivity contribution in [2.75, 3.05) is 17.1 Å². The van der Waals surface area contributed by atoms with Gasteiger partial charge in [0.25, 0.3) is 11.4 Å². The Labute approximate surface area is 192 Å². The van der Waals surface area contributed by atoms with Gasteiger partial charge in [-0.3, -0.25) is 29.7 Å². The summed E-state index contributed by atoms with van der Waals surface area (Å²) in [5, 5.41) is 21.9. The fourth-order valence-corrected chi connectivity index (χ4v) is 3.66. The van der Waals surface area contributed by atoms with Gasteiger partial charge in [-0.25, -0.2) is 18.4 Å². The third-order valence-electron chi connectivity index (χ3n) is 4.33. The van der Waals surface area contributed by atoms with Crippen molar-refractivity contribution in [1.29, 1.82) is 0 Å². The molecule has 0 bridgehead atoms. The molecular weight excluding hydrogens is 470 g/mol. The van der Waals surface area contributed by atoms with Crippen molar-refractivity contribution in [3.05, 3.63) is 74.8 Å². The maximum Gasteiger partial charge on any atom is 0.323 e. The largest absolute Gasteiger partial charge is 0.465 e. The maximum atomic E-state index is 12.4. The quantitative estimate of drug-likeness (QED) is 0.267. The SMILES string of the molecule is CCOC(=O)CS(=O)(=O)Nc1nc(-c2ccc([N+](=O)[O-])cc2)cc(-c2ccc([N+](=O)[O-])cc2)n1. The highest BCUT2D eigenvalue weighted by molar-refractivity contribution is 7.93. The molecule has 0 saturated heterocycles. The number of hydrogen-bond donors (Lipinski definition) is 1. The van der Waals surface area contributed by atoms with Crippen LogP contribution >= 0.6 is 0 Å². The van der Waals surface area contributed by atoms with Gasteiger partial charge in [-0.05, 0) is 37.3 Å². The van der Waals surface area contributed by atoms with Gasteiger partial charge in [0.15, 0.2) is 5.75 Å². The predicted molar refractivity (Wildman–Crippen MR) is 120 cm³/mol. The summed E-state index contributed by atoms with van der Waals surface area (Å²) in [4.78, 5) is 40.6. The first kappa shape index (κ1) is 24.2. The number of carbonyl (C=O) groups is 1. The Morgan fingerprint density at radius 1 is 0.912 bits per heavy atom. The van der Waals surface area contributed by atoms with Crippen LogP contribution in [0, 0.1) is 20.2 Å². The smallest absolute Gasteiger partial charge is 0.323 e. The Balaban J connectivity index is 2.04. The van der Waals surface area contributed by atoms with E-state index in [0.29, 0.717) is 11.1 Å². The van der Waals surface area contributed by atoms with E-state index in [1.807, 2.05) is 0 Å². The standard InChI is InChI=1S/C20H17N5O8S/c1-2-33-19(26)12-34(31,32)23-20-21-17(13-3-7-15(8-4-13)24(27)28)11-18(22-20)14-5-9-16(10-6-14)25(29)30/h3-11H,2,12H2,1H3,(H,21,22,23). The molecule has 0 saturated carbocycles. The highest BCUT2D eigenvalue weighted by Gasteiger charge is 2.20. The molecule has 3 rings (SSSR count). The molecule has 1 heterocycles. The van der Waals surface area contributed by atoms with Gasteiger partial charge in [0.2, 0.25) is 16.0 Å². The molecule has 1 N–H and O–H groups in total. The summed E-state index contributed by atoms with van der Waals surface area (Å²) >= 11 is 0. The molecule has 0 amide bonds. The van der Waals surface area contributed by atoms with Crippen LogP contribution in [0.1, 0.15) is 6.92 Å². The second-order valence-corrected chi connectivity index (χ2v) is 8.46. The number of aromatic nitrogens is 2. The summed E-state index contributed by atoms with van der Waals surface area (Å²) in [5.74, 6) is -2.29. The molecule has 14 heteroatoms. The Morgan fingerprint density at radius 3 is 1.74 bits per heavy atom. The molecule has 0 fully saturated rings. The van der Waals surface area contributed by atoms with Crippen molar-refractivity contribution in [2.45, 2.75) is 6.92 Å². The molecule has 0 radical (unpaired) electrons. The van der Waals surface area contributed by atoms with Crippen molar-refractivity contribution in [3.8, 4) is 22.5 Å². The number of nitro groups is 2. The number of non-ortho nitro benzene ring substituents is 2. The minimum atomic E-state index is -4.22. The predicted octanol–water partition coefficient (Wildman–Crippen LogP) is 2.93. The first-order valence-corrected chi connectivity index (χ1v) is 11.3. The first-order valence-electron chi connectivity index (χ1n) is 9.63. The van der Waals surface area contributed by atoms with Crippen LogP contribution in [-0.4, -0.2) is 46.6 Å². The van der Waals surface area contributed by atoms with Crippen molar-refractivity contribution in [3.63, 3.8) is 0 Å². The molecule has 0 spiro atoms. The third kappa shape index (κ3) is 6.07. The lowest BCUT2D eigenvalue weighted by atomic mass is 10.1. The number of benzene rings is 2. The number of sulfonamides is 1. The van der Waals surface area contributed by atoms with E-state index in [4.69, 9.17) is 0 Å². The van der Waals surface area contributed by atoms with Gasteiger partial charge in [0, 0.05) is 35.4 Å². The summed E-state index contributed by atoms with van der Waals surface area (Å²) in [5.41, 5.74) is 0.968. The molecule has 1 aromatic heterocycles. The normalized spacial score (nSPS) is 11.0. The van der Waals surface area contributed by atoms with Crippen LogP contribution in [0.2, 0.25) is 0 Å². The van der Waals surface area contributed by atoms with Gasteiger partial charge in [-0.1, -0.05) is 0 Å². The first-order chi connectivity index (χ1) is 16.1. The van der Waals surface area contributed by atoms with E-state index in [0.717, 1.165) is 0 Å². The molecule has 2 aromatic carbocycles. The second kappa shape index (κ2) is 9.99. The van der Waals surface area contributed by atoms with E-state index < -0.39 is 31.6 Å². The zero-order valence-corrected chi connectivity index (χ0v) is 18.4. The Kier molecular flexibility index (Phi) is 7.11. The van der Waals surface area contributed by atoms with Crippen LogP contribution in [0.4, 0.5) is 17.3 Å². The lowest BCUT2D eigenvalue weighted by molar-refractivity contribution is -0.385. The molecule has 0 unspecified atom stereocenters. The molecule has 34 heavy (non-hydrogen) atoms. The van der Waals surface area contributed by atoms with E-state index >= 15 is 0 Å². The highest BCUT2D eigenvalue weighted by atomic mass is 32.2. The Hall–Kier alpha value is -4.46. The van der Waals surface area contributed by atoms with Crippen LogP contribution < -0.4 is 4.72 Å². The van der Waals surface area contributed by atoms with E-state index in [9.17, 15) is 33.4 Å². The number of esters is 1. The summed E-state index contributed by atoms with van der Waals surface area (Å²) in [6.45, 7) is 1.54. The van der Waals surface area contributed by atoms with Gasteiger partial charge in [0.1, 0.15) is 0 Å². The van der Waals surface area contributed by atoms with Crippen molar-refractivity contribution in [1.82, 2.24) is 9.97 Å². The summed E-state index contributed by atoms with van der Waals surface area (Å²) in [6.07, 6.45) is 0. The zero-order chi connectivity index (χ0) is 24.9. The number of rotatable bonds is 9. The molecule has 13 nitrogen and oxygen atoms in total. The van der Waals surface area contributed by atoms with E-state index in [-0.39, 0.29) is 35.3 Å². The van der Waals surface area contributed by atoms with Crippen molar-refractivity contribution < 1.29 is 27.8 Å². The molecule has 0 atom stereocenters. The van der Waals surface area contributed by atoms with Crippen molar-refractivity contribution in [2.24, 2.45) is 0 Å². The minimum absolute atomic E-state index is 0.00474. The molecule has 3 aromatic rings. The zero-order valence-electron chi connectivity index (χ0n) is 17.6. The topological polar surface area (TPSA) is 185 Å². The number of nitro benzene ring substituents is 2. The maximum absolute atomic E-state index is 12.4. The van der Waals surface area contributed by atoms with Gasteiger partial charge in [-0.2, -0.15) is 0 Å². The lowest BCUT2D eigenvalue weighted by Crippen LogP contribution is -2.25.